The minimum atomic E-state index is -2.32. The van der Waals surface area contributed by atoms with Crippen LogP contribution in [0.3, 0.4) is 0 Å². The van der Waals surface area contributed by atoms with Gasteiger partial charge in [-0.3, -0.25) is 20.4 Å². The largest absolute Gasteiger partial charge is 0.465 e. The van der Waals surface area contributed by atoms with Crippen LogP contribution in [-0.2, 0) is 65.1 Å². The Balaban J connectivity index is 1.17. The minimum absolute atomic E-state index is 0.00343. The van der Waals surface area contributed by atoms with Crippen molar-refractivity contribution in [2.75, 3.05) is 26.3 Å². The number of carbonyl (C=O) groups is 8. The van der Waals surface area contributed by atoms with E-state index in [-0.39, 0.29) is 80.0 Å². The van der Waals surface area contributed by atoms with E-state index in [2.05, 4.69) is 66.4 Å². The number of nitrogens with one attached hydrogen (secondary N) is 2. The average Bonchev–Trinajstić information content (AvgIpc) is 1.76. The molecule has 3 saturated heterocycles. The van der Waals surface area contributed by atoms with Crippen molar-refractivity contribution in [3.05, 3.63) is 83.1 Å². The lowest BCUT2D eigenvalue weighted by Crippen LogP contribution is -2.66. The van der Waals surface area contributed by atoms with Gasteiger partial charge in [-0.15, -0.1) is 9.98 Å². The molecule has 0 aromatic heterocycles. The summed E-state index contributed by atoms with van der Waals surface area (Å²) in [6, 6.07) is 16.1. The van der Waals surface area contributed by atoms with E-state index < -0.39 is 103 Å². The third-order valence-electron chi connectivity index (χ3n) is 19.9. The zero-order chi connectivity index (χ0) is 81.9. The van der Waals surface area contributed by atoms with Gasteiger partial charge in [0.1, 0.15) is 35.6 Å². The Morgan fingerprint density at radius 1 is 0.559 bits per heavy atom. The SMILES string of the molecule is CCCCCCCCC[C@@H](C[C@@H]1CC[C@H]2[C@@H](C(=O)OCCCCCCCCC[C@@H]3C(C(=O)OCCCCN=C(NC(=O)OC(C)(C)C)NC(=O)OC(C)(C)C)=C4CCCN4/C(=N\C(=O)OC(C)(C)C)N3C(=O)OC(C)(C)C)[C@@H](C)N(C(=O)OCc3ccccc3)/C(=N\C(=O)OCc3ccccc3)N12)O[Si](C)(C)C(C)(C)C. The summed E-state index contributed by atoms with van der Waals surface area (Å²) >= 11 is 0. The maximum atomic E-state index is 15.0. The molecule has 0 bridgehead atoms. The molecule has 27 heteroatoms. The summed E-state index contributed by atoms with van der Waals surface area (Å²) in [6.07, 6.45) is 12.6. The Morgan fingerprint density at radius 2 is 1.08 bits per heavy atom. The molecule has 26 nitrogen and oxygen atoms in total. The third-order valence-corrected chi connectivity index (χ3v) is 24.5. The predicted octanol–water partition coefficient (Wildman–Crippen LogP) is 18.7. The van der Waals surface area contributed by atoms with Crippen LogP contribution in [0.5, 0.6) is 0 Å². The molecule has 4 aliphatic rings. The monoisotopic (exact) mass is 1570 g/mol. The number of aliphatic imine (C=N–C) groups is 3. The van der Waals surface area contributed by atoms with Crippen LogP contribution in [0.25, 0.3) is 0 Å². The van der Waals surface area contributed by atoms with Gasteiger partial charge in [0.05, 0.1) is 36.8 Å². The lowest BCUT2D eigenvalue weighted by Gasteiger charge is -2.49. The van der Waals surface area contributed by atoms with E-state index in [1.54, 1.807) is 94.9 Å². The fourth-order valence-corrected chi connectivity index (χ4v) is 15.2. The molecule has 2 aromatic rings. The zero-order valence-corrected chi connectivity index (χ0v) is 71.3. The van der Waals surface area contributed by atoms with Crippen LogP contribution >= 0.6 is 0 Å². The van der Waals surface area contributed by atoms with Gasteiger partial charge in [-0.25, -0.2) is 43.4 Å². The molecule has 0 aliphatic carbocycles. The topological polar surface area (TPSA) is 294 Å². The fourth-order valence-electron chi connectivity index (χ4n) is 13.8. The van der Waals surface area contributed by atoms with Gasteiger partial charge in [-0.05, 0) is 183 Å². The van der Waals surface area contributed by atoms with Gasteiger partial charge in [0.2, 0.25) is 17.9 Å². The summed E-state index contributed by atoms with van der Waals surface area (Å²) < 4.78 is 54.0. The molecule has 6 atom stereocenters. The van der Waals surface area contributed by atoms with E-state index in [1.165, 1.54) is 35.5 Å². The molecule has 620 valence electrons. The third kappa shape index (κ3) is 30.8. The Bertz CT molecular complexity index is 3460. The fraction of sp³-hybridized carbons (Fsp3) is 0.702. The van der Waals surface area contributed by atoms with Crippen molar-refractivity contribution in [3.8, 4) is 0 Å². The second-order valence-corrected chi connectivity index (χ2v) is 39.9. The van der Waals surface area contributed by atoms with Crippen molar-refractivity contribution in [3.63, 3.8) is 0 Å². The first-order valence-corrected chi connectivity index (χ1v) is 43.5. The van der Waals surface area contributed by atoms with Crippen LogP contribution in [0.15, 0.2) is 86.9 Å². The summed E-state index contributed by atoms with van der Waals surface area (Å²) in [7, 11) is -2.32. The molecule has 0 unspecified atom stereocenters. The van der Waals surface area contributed by atoms with Gasteiger partial charge < -0.3 is 52.1 Å². The number of fused-ring (bicyclic) bond motifs is 2. The number of guanidine groups is 3. The second-order valence-electron chi connectivity index (χ2n) is 35.1. The van der Waals surface area contributed by atoms with Crippen LogP contribution in [-0.4, -0.2) is 173 Å². The number of carbonyl (C=O) groups excluding carboxylic acids is 8. The van der Waals surface area contributed by atoms with Crippen molar-refractivity contribution >= 4 is 74.7 Å². The van der Waals surface area contributed by atoms with Crippen molar-refractivity contribution < 1.29 is 80.7 Å². The Hall–Kier alpha value is -8.07. The van der Waals surface area contributed by atoms with E-state index in [1.807, 2.05) is 65.6 Å². The van der Waals surface area contributed by atoms with Gasteiger partial charge >= 0.3 is 48.5 Å². The van der Waals surface area contributed by atoms with E-state index in [0.717, 1.165) is 62.5 Å². The highest BCUT2D eigenvalue weighted by atomic mass is 28.4. The van der Waals surface area contributed by atoms with Crippen LogP contribution in [0.2, 0.25) is 18.1 Å². The average molecular weight is 1570 g/mol. The maximum absolute atomic E-state index is 15.0. The summed E-state index contributed by atoms with van der Waals surface area (Å²) in [4.78, 5) is 133. The van der Waals surface area contributed by atoms with Gasteiger partial charge in [0, 0.05) is 37.0 Å². The van der Waals surface area contributed by atoms with Crippen LogP contribution in [0, 0.1) is 5.92 Å². The Labute approximate surface area is 662 Å². The highest BCUT2D eigenvalue weighted by molar-refractivity contribution is 6.74. The number of hydrogen-bond donors (Lipinski definition) is 2. The molecule has 6 amide bonds. The molecule has 0 radical (unpaired) electrons. The van der Waals surface area contributed by atoms with Gasteiger partial charge in [-0.1, -0.05) is 172 Å². The zero-order valence-electron chi connectivity index (χ0n) is 70.3. The maximum Gasteiger partial charge on any atom is 0.437 e. The summed E-state index contributed by atoms with van der Waals surface area (Å²) in [5.74, 6) is -2.03. The highest BCUT2D eigenvalue weighted by Crippen LogP contribution is 2.44. The van der Waals surface area contributed by atoms with Crippen LogP contribution in [0.4, 0.5) is 28.8 Å². The molecule has 3 fully saturated rings. The van der Waals surface area contributed by atoms with E-state index in [0.29, 0.717) is 76.5 Å². The molecule has 2 aromatic carbocycles. The highest BCUT2D eigenvalue weighted by Gasteiger charge is 2.56. The lowest BCUT2D eigenvalue weighted by molar-refractivity contribution is -0.153. The Morgan fingerprint density at radius 3 is 1.65 bits per heavy atom. The molecular weight excluding hydrogens is 1440 g/mol. The first kappa shape index (κ1) is 91.8. The number of benzene rings is 2. The number of ether oxygens (including phenoxy) is 8. The van der Waals surface area contributed by atoms with Crippen molar-refractivity contribution in [1.82, 2.24) is 30.2 Å². The molecule has 111 heavy (non-hydrogen) atoms. The minimum Gasteiger partial charge on any atom is -0.465 e. The van der Waals surface area contributed by atoms with E-state index in [9.17, 15) is 33.6 Å². The molecule has 0 saturated carbocycles. The van der Waals surface area contributed by atoms with Crippen LogP contribution < -0.4 is 10.6 Å². The quantitative estimate of drug-likeness (QED) is 0.0168. The molecular formula is C84H133N9O17Si. The predicted molar refractivity (Wildman–Crippen MR) is 431 cm³/mol. The summed E-state index contributed by atoms with van der Waals surface area (Å²) in [5.41, 5.74) is -1.16. The number of rotatable bonds is 33. The smallest absolute Gasteiger partial charge is 0.437 e. The summed E-state index contributed by atoms with van der Waals surface area (Å²) in [6.45, 7) is 36.3. The molecule has 4 aliphatic heterocycles. The summed E-state index contributed by atoms with van der Waals surface area (Å²) in [5, 5.41) is 4.88. The first-order valence-electron chi connectivity index (χ1n) is 40.6. The van der Waals surface area contributed by atoms with Gasteiger partial charge in [-0.2, -0.15) is 0 Å². The van der Waals surface area contributed by atoms with Crippen LogP contribution in [0.1, 0.15) is 277 Å². The normalized spacial score (nSPS) is 19.2. The number of alkyl carbamates (subject to hydrolysis) is 2. The number of amides is 6. The van der Waals surface area contributed by atoms with Crippen molar-refractivity contribution in [1.29, 1.82) is 0 Å². The van der Waals surface area contributed by atoms with E-state index in [4.69, 9.17) is 42.3 Å². The lowest BCUT2D eigenvalue weighted by atomic mass is 9.88. The molecule has 4 heterocycles. The Kier molecular flexibility index (Phi) is 35.3. The van der Waals surface area contributed by atoms with Crippen molar-refractivity contribution in [2.45, 2.75) is 349 Å². The second kappa shape index (κ2) is 42.7. The number of nitrogens with zero attached hydrogens (tertiary/aromatic N) is 7. The van der Waals surface area contributed by atoms with Crippen molar-refractivity contribution in [2.24, 2.45) is 20.9 Å². The molecule has 0 spiro atoms. The number of unbranched alkanes of at least 4 members (excludes halogenated alkanes) is 13. The number of allylic oxidation sites excluding steroid dienone is 1. The number of hydrogen-bond acceptors (Lipinski definition) is 18. The van der Waals surface area contributed by atoms with Gasteiger partial charge in [0.25, 0.3) is 0 Å². The standard InChI is InChI=1S/C84H133N9O17Si/c1-20-21-22-23-25-28-37-47-63(110-111(18,19)84(15,16)17)56-62-50-51-66-67(59(2)91(78(100)105-58-61-45-35-32-36-46-61)73(92(62)66)89-74(96)104-57-60-43-33-31-34-44-60)69(94)102-54-40-30-27-24-26-29-38-48-65-68(64-49-42-53-90(64)72(88-77(99)108-82(9,10)11)93(65)79(101)109-83(12,13)14)70(95)103-55-41-39-52-85-71(86-75(97)106-80(3,4)5)87-76(98)107-81(6,7)8/h31-36,43-46,59,62-63,65-67H,20-30,37-42,47-58H2,1-19H3,(H2,85,86,87,97,98)/b88-72+,89-73+/t59-,62+,63+,65-,66+,67+/m1/s1. The first-order chi connectivity index (χ1) is 52.2. The van der Waals surface area contributed by atoms with E-state index >= 15 is 4.79 Å². The number of esters is 2. The van der Waals surface area contributed by atoms with Gasteiger partial charge in [0.15, 0.2) is 8.32 Å². The molecule has 6 rings (SSSR count). The molecule has 2 N–H and O–H groups in total.